The number of anilines is 1. The topological polar surface area (TPSA) is 23.6 Å². The van der Waals surface area contributed by atoms with Crippen molar-refractivity contribution in [1.29, 1.82) is 0 Å². The lowest BCUT2D eigenvalue weighted by Crippen LogP contribution is -2.44. The molecule has 0 aromatic heterocycles. The van der Waals surface area contributed by atoms with Gasteiger partial charge in [-0.25, -0.2) is 4.79 Å². The minimum atomic E-state index is -0.169. The second-order valence-electron chi connectivity index (χ2n) is 6.07. The second kappa shape index (κ2) is 4.72. The number of amides is 2. The number of hydrogen-bond donors (Lipinski definition) is 0. The molecule has 1 aliphatic rings. The molecule has 1 saturated heterocycles. The summed E-state index contributed by atoms with van der Waals surface area (Å²) in [6.45, 7) is 12.8. The quantitative estimate of drug-likeness (QED) is 0.744. The molecule has 1 fully saturated rings. The Morgan fingerprint density at radius 3 is 2.32 bits per heavy atom. The van der Waals surface area contributed by atoms with E-state index in [1.807, 2.05) is 47.1 Å². The standard InChI is InChI=1S/C16H22N2O/c1-6-13-11-17(16(3,4)5)15(19)18(13)14-9-7-12(2)8-10-14/h6-10,13H,1,11H2,2-5H3. The fourth-order valence-electron chi connectivity index (χ4n) is 2.37. The summed E-state index contributed by atoms with van der Waals surface area (Å²) in [4.78, 5) is 16.3. The van der Waals surface area contributed by atoms with Crippen molar-refractivity contribution in [3.8, 4) is 0 Å². The number of nitrogens with zero attached hydrogens (tertiary/aromatic N) is 2. The zero-order valence-corrected chi connectivity index (χ0v) is 12.2. The zero-order valence-electron chi connectivity index (χ0n) is 12.2. The van der Waals surface area contributed by atoms with Crippen molar-refractivity contribution in [2.45, 2.75) is 39.3 Å². The molecule has 19 heavy (non-hydrogen) atoms. The van der Waals surface area contributed by atoms with Gasteiger partial charge in [-0.2, -0.15) is 0 Å². The van der Waals surface area contributed by atoms with Crippen LogP contribution < -0.4 is 4.90 Å². The molecular weight excluding hydrogens is 236 g/mol. The van der Waals surface area contributed by atoms with E-state index in [9.17, 15) is 4.79 Å². The van der Waals surface area contributed by atoms with Gasteiger partial charge in [0.05, 0.1) is 6.04 Å². The summed E-state index contributed by atoms with van der Waals surface area (Å²) >= 11 is 0. The molecule has 1 aromatic rings. The Labute approximate surface area is 115 Å². The van der Waals surface area contributed by atoms with Gasteiger partial charge in [0.2, 0.25) is 0 Å². The van der Waals surface area contributed by atoms with Crippen LogP contribution in [0.2, 0.25) is 0 Å². The fourth-order valence-corrected chi connectivity index (χ4v) is 2.37. The van der Waals surface area contributed by atoms with Crippen LogP contribution in [0.3, 0.4) is 0 Å². The Kier molecular flexibility index (Phi) is 3.40. The van der Waals surface area contributed by atoms with Gasteiger partial charge in [0, 0.05) is 17.8 Å². The lowest BCUT2D eigenvalue weighted by Gasteiger charge is -2.31. The molecule has 0 radical (unpaired) electrons. The highest BCUT2D eigenvalue weighted by atomic mass is 16.2. The first-order valence-electron chi connectivity index (χ1n) is 6.64. The number of benzene rings is 1. The molecule has 1 aliphatic heterocycles. The van der Waals surface area contributed by atoms with Crippen LogP contribution in [0, 0.1) is 6.92 Å². The Morgan fingerprint density at radius 2 is 1.84 bits per heavy atom. The first kappa shape index (κ1) is 13.7. The smallest absolute Gasteiger partial charge is 0.317 e. The van der Waals surface area contributed by atoms with Crippen molar-refractivity contribution in [3.05, 3.63) is 42.5 Å². The number of hydrogen-bond acceptors (Lipinski definition) is 1. The van der Waals surface area contributed by atoms with Gasteiger partial charge < -0.3 is 4.90 Å². The highest BCUT2D eigenvalue weighted by molar-refractivity contribution is 5.96. The van der Waals surface area contributed by atoms with Gasteiger partial charge in [0.15, 0.2) is 0 Å². The number of carbonyl (C=O) groups is 1. The van der Waals surface area contributed by atoms with E-state index in [-0.39, 0.29) is 17.6 Å². The van der Waals surface area contributed by atoms with Crippen molar-refractivity contribution >= 4 is 11.7 Å². The molecule has 1 atom stereocenters. The molecule has 0 aliphatic carbocycles. The number of aryl methyl sites for hydroxylation is 1. The Bertz CT molecular complexity index is 484. The highest BCUT2D eigenvalue weighted by Crippen LogP contribution is 2.30. The van der Waals surface area contributed by atoms with E-state index in [0.29, 0.717) is 6.54 Å². The van der Waals surface area contributed by atoms with Crippen LogP contribution >= 0.6 is 0 Å². The van der Waals surface area contributed by atoms with Gasteiger partial charge in [-0.3, -0.25) is 4.90 Å². The maximum atomic E-state index is 12.6. The molecule has 0 N–H and O–H groups in total. The average Bonchev–Trinajstić information content (AvgIpc) is 2.67. The molecule has 1 heterocycles. The van der Waals surface area contributed by atoms with E-state index in [0.717, 1.165) is 5.69 Å². The summed E-state index contributed by atoms with van der Waals surface area (Å²) in [6.07, 6.45) is 1.85. The molecular formula is C16H22N2O. The highest BCUT2D eigenvalue weighted by Gasteiger charge is 2.41. The Morgan fingerprint density at radius 1 is 1.26 bits per heavy atom. The molecule has 2 rings (SSSR count). The number of carbonyl (C=O) groups excluding carboxylic acids is 1. The zero-order chi connectivity index (χ0) is 14.2. The van der Waals surface area contributed by atoms with Crippen molar-refractivity contribution < 1.29 is 4.79 Å². The molecule has 3 nitrogen and oxygen atoms in total. The van der Waals surface area contributed by atoms with Gasteiger partial charge in [0.25, 0.3) is 0 Å². The Hall–Kier alpha value is -1.77. The second-order valence-corrected chi connectivity index (χ2v) is 6.07. The maximum Gasteiger partial charge on any atom is 0.325 e. The van der Waals surface area contributed by atoms with Gasteiger partial charge in [0.1, 0.15) is 0 Å². The monoisotopic (exact) mass is 258 g/mol. The number of urea groups is 1. The van der Waals surface area contributed by atoms with Crippen molar-refractivity contribution in [2.75, 3.05) is 11.4 Å². The third-order valence-electron chi connectivity index (χ3n) is 3.53. The van der Waals surface area contributed by atoms with Crippen molar-refractivity contribution in [1.82, 2.24) is 4.90 Å². The maximum absolute atomic E-state index is 12.6. The van der Waals surface area contributed by atoms with E-state index in [1.54, 1.807) is 0 Å². The van der Waals surface area contributed by atoms with Crippen LogP contribution in [0.1, 0.15) is 26.3 Å². The summed E-state index contributed by atoms with van der Waals surface area (Å²) in [5.74, 6) is 0. The van der Waals surface area contributed by atoms with Gasteiger partial charge in [-0.1, -0.05) is 23.8 Å². The Balaban J connectivity index is 2.36. The summed E-state index contributed by atoms with van der Waals surface area (Å²) in [5.41, 5.74) is 1.96. The summed E-state index contributed by atoms with van der Waals surface area (Å²) in [7, 11) is 0. The summed E-state index contributed by atoms with van der Waals surface area (Å²) in [5, 5.41) is 0. The van der Waals surface area contributed by atoms with E-state index in [1.165, 1.54) is 5.56 Å². The van der Waals surface area contributed by atoms with Crippen molar-refractivity contribution in [3.63, 3.8) is 0 Å². The van der Waals surface area contributed by atoms with E-state index in [2.05, 4.69) is 27.4 Å². The lowest BCUT2D eigenvalue weighted by atomic mass is 10.1. The predicted octanol–water partition coefficient (Wildman–Crippen LogP) is 3.59. The van der Waals surface area contributed by atoms with E-state index in [4.69, 9.17) is 0 Å². The average molecular weight is 258 g/mol. The normalized spacial score (nSPS) is 20.0. The van der Waals surface area contributed by atoms with Crippen LogP contribution in [0.15, 0.2) is 36.9 Å². The van der Waals surface area contributed by atoms with Gasteiger partial charge in [-0.15, -0.1) is 6.58 Å². The third kappa shape index (κ3) is 2.50. The van der Waals surface area contributed by atoms with Gasteiger partial charge in [-0.05, 0) is 39.8 Å². The lowest BCUT2D eigenvalue weighted by molar-refractivity contribution is 0.172. The molecule has 0 bridgehead atoms. The van der Waals surface area contributed by atoms with Crippen molar-refractivity contribution in [2.24, 2.45) is 0 Å². The van der Waals surface area contributed by atoms with Crippen LogP contribution in [0.25, 0.3) is 0 Å². The molecule has 1 aromatic carbocycles. The van der Waals surface area contributed by atoms with E-state index >= 15 is 0 Å². The molecule has 0 spiro atoms. The van der Waals surface area contributed by atoms with Crippen LogP contribution in [-0.4, -0.2) is 29.1 Å². The minimum Gasteiger partial charge on any atom is -0.317 e. The first-order chi connectivity index (χ1) is 8.84. The molecule has 1 unspecified atom stereocenters. The molecule has 3 heteroatoms. The van der Waals surface area contributed by atoms with Crippen LogP contribution in [0.5, 0.6) is 0 Å². The SMILES string of the molecule is C=CC1CN(C(C)(C)C)C(=O)N1c1ccc(C)cc1. The minimum absolute atomic E-state index is 0.0365. The van der Waals surface area contributed by atoms with E-state index < -0.39 is 0 Å². The summed E-state index contributed by atoms with van der Waals surface area (Å²) in [6, 6.07) is 8.15. The number of rotatable bonds is 2. The predicted molar refractivity (Wildman–Crippen MR) is 79.5 cm³/mol. The first-order valence-corrected chi connectivity index (χ1v) is 6.64. The van der Waals surface area contributed by atoms with Gasteiger partial charge >= 0.3 is 6.03 Å². The largest absolute Gasteiger partial charge is 0.325 e. The fraction of sp³-hybridized carbons (Fsp3) is 0.438. The van der Waals surface area contributed by atoms with Crippen LogP contribution in [0.4, 0.5) is 10.5 Å². The van der Waals surface area contributed by atoms with Crippen LogP contribution in [-0.2, 0) is 0 Å². The molecule has 2 amide bonds. The summed E-state index contributed by atoms with van der Waals surface area (Å²) < 4.78 is 0. The third-order valence-corrected chi connectivity index (χ3v) is 3.53. The molecule has 102 valence electrons. The molecule has 0 saturated carbocycles.